The molecule has 4 nitrogen and oxygen atoms in total. The zero-order valence-electron chi connectivity index (χ0n) is 8.48. The molecule has 1 saturated heterocycles. The van der Waals surface area contributed by atoms with Gasteiger partial charge >= 0.3 is 0 Å². The number of rotatable bonds is 3. The molecule has 0 aromatic carbocycles. The summed E-state index contributed by atoms with van der Waals surface area (Å²) in [7, 11) is -3.00. The van der Waals surface area contributed by atoms with Crippen LogP contribution in [0.15, 0.2) is 0 Å². The lowest BCUT2D eigenvalue weighted by Gasteiger charge is -2.27. The molecule has 0 aromatic rings. The van der Waals surface area contributed by atoms with E-state index in [2.05, 4.69) is 0 Å². The van der Waals surface area contributed by atoms with Gasteiger partial charge in [0, 0.05) is 0 Å². The Morgan fingerprint density at radius 1 is 1.29 bits per heavy atom. The number of nitrogens with zero attached hydrogens (tertiary/aromatic N) is 1. The van der Waals surface area contributed by atoms with Crippen LogP contribution in [-0.2, 0) is 9.84 Å². The van der Waals surface area contributed by atoms with Crippen molar-refractivity contribution in [1.29, 1.82) is 0 Å². The van der Waals surface area contributed by atoms with Crippen LogP contribution in [-0.4, -0.2) is 55.2 Å². The van der Waals surface area contributed by atoms with E-state index in [0.717, 1.165) is 13.1 Å². The molecule has 0 amide bonds. The minimum Gasteiger partial charge on any atom is -1.00 e. The van der Waals surface area contributed by atoms with Crippen molar-refractivity contribution < 1.29 is 25.9 Å². The molecule has 2 atom stereocenters. The Kier molecular flexibility index (Phi) is 5.36. The summed E-state index contributed by atoms with van der Waals surface area (Å²) in [6.07, 6.45) is -0.704. The fourth-order valence-electron chi connectivity index (χ4n) is 1.85. The minimum atomic E-state index is -3.00. The molecule has 1 N–H and O–H groups in total. The van der Waals surface area contributed by atoms with Crippen LogP contribution >= 0.6 is 0 Å². The van der Waals surface area contributed by atoms with E-state index in [1.54, 1.807) is 0 Å². The molecular formula is C8H17ClNO3S-. The molecule has 0 aromatic heterocycles. The molecule has 1 fully saturated rings. The van der Waals surface area contributed by atoms with Crippen molar-refractivity contribution in [3.8, 4) is 0 Å². The minimum absolute atomic E-state index is 0. The van der Waals surface area contributed by atoms with Crippen LogP contribution in [0.2, 0.25) is 0 Å². The Morgan fingerprint density at radius 3 is 2.07 bits per heavy atom. The highest BCUT2D eigenvalue weighted by atomic mass is 35.5. The van der Waals surface area contributed by atoms with Crippen molar-refractivity contribution >= 4 is 9.84 Å². The van der Waals surface area contributed by atoms with Crippen molar-refractivity contribution in [2.24, 2.45) is 0 Å². The van der Waals surface area contributed by atoms with Crippen molar-refractivity contribution in [3.05, 3.63) is 0 Å². The van der Waals surface area contributed by atoms with Crippen LogP contribution in [0.25, 0.3) is 0 Å². The molecule has 0 spiro atoms. The number of aliphatic hydroxyl groups excluding tert-OH is 1. The molecule has 0 saturated carbocycles. The highest BCUT2D eigenvalue weighted by Gasteiger charge is 2.38. The van der Waals surface area contributed by atoms with E-state index < -0.39 is 15.9 Å². The van der Waals surface area contributed by atoms with Gasteiger partial charge in [0.1, 0.15) is 0 Å². The summed E-state index contributed by atoms with van der Waals surface area (Å²) in [6, 6.07) is -0.194. The second-order valence-electron chi connectivity index (χ2n) is 3.43. The molecule has 1 aliphatic rings. The lowest BCUT2D eigenvalue weighted by Crippen LogP contribution is -3.00. The third kappa shape index (κ3) is 3.08. The van der Waals surface area contributed by atoms with Crippen LogP contribution < -0.4 is 12.4 Å². The largest absolute Gasteiger partial charge is 1.00 e. The molecule has 0 radical (unpaired) electrons. The van der Waals surface area contributed by atoms with Gasteiger partial charge in [-0.05, 0) is 13.1 Å². The van der Waals surface area contributed by atoms with E-state index in [-0.39, 0.29) is 30.0 Å². The van der Waals surface area contributed by atoms with E-state index in [1.807, 2.05) is 18.7 Å². The molecule has 2 unspecified atom stereocenters. The molecular weight excluding hydrogens is 226 g/mol. The van der Waals surface area contributed by atoms with Crippen LogP contribution in [0.5, 0.6) is 0 Å². The second kappa shape index (κ2) is 5.30. The molecule has 14 heavy (non-hydrogen) atoms. The first-order chi connectivity index (χ1) is 6.00. The maximum atomic E-state index is 11.2. The molecule has 0 aliphatic carbocycles. The normalized spacial score (nSPS) is 30.3. The van der Waals surface area contributed by atoms with Crippen molar-refractivity contribution in [2.45, 2.75) is 26.0 Å². The van der Waals surface area contributed by atoms with Crippen LogP contribution in [0, 0.1) is 0 Å². The summed E-state index contributed by atoms with van der Waals surface area (Å²) in [5, 5.41) is 9.54. The molecule has 1 aliphatic heterocycles. The first-order valence-electron chi connectivity index (χ1n) is 4.62. The van der Waals surface area contributed by atoms with Crippen molar-refractivity contribution in [3.63, 3.8) is 0 Å². The number of likely N-dealkylation sites (N-methyl/N-ethyl adjacent to an activating group) is 1. The van der Waals surface area contributed by atoms with Gasteiger partial charge in [-0.25, -0.2) is 8.42 Å². The fraction of sp³-hybridized carbons (Fsp3) is 1.00. The van der Waals surface area contributed by atoms with E-state index in [9.17, 15) is 13.5 Å². The number of hydrogen-bond donors (Lipinski definition) is 1. The maximum Gasteiger partial charge on any atom is 0.154 e. The average molecular weight is 243 g/mol. The number of halogens is 1. The van der Waals surface area contributed by atoms with Gasteiger partial charge in [-0.15, -0.1) is 0 Å². The summed E-state index contributed by atoms with van der Waals surface area (Å²) in [5.74, 6) is 0.0318. The summed E-state index contributed by atoms with van der Waals surface area (Å²) in [4.78, 5) is 2.00. The van der Waals surface area contributed by atoms with Crippen molar-refractivity contribution in [1.82, 2.24) is 4.90 Å². The number of sulfone groups is 1. The van der Waals surface area contributed by atoms with Gasteiger partial charge in [0.15, 0.2) is 9.84 Å². The van der Waals surface area contributed by atoms with Gasteiger partial charge in [0.25, 0.3) is 0 Å². The first-order valence-corrected chi connectivity index (χ1v) is 6.44. The van der Waals surface area contributed by atoms with Crippen LogP contribution in [0.1, 0.15) is 13.8 Å². The maximum absolute atomic E-state index is 11.2. The zero-order chi connectivity index (χ0) is 10.1. The zero-order valence-corrected chi connectivity index (χ0v) is 10.1. The van der Waals surface area contributed by atoms with E-state index in [1.165, 1.54) is 0 Å². The Labute approximate surface area is 91.6 Å². The van der Waals surface area contributed by atoms with Gasteiger partial charge in [0.2, 0.25) is 0 Å². The molecule has 0 bridgehead atoms. The van der Waals surface area contributed by atoms with E-state index in [4.69, 9.17) is 0 Å². The SMILES string of the molecule is CCN(CC)C1CS(=O)(=O)CC1O.[Cl-]. The van der Waals surface area contributed by atoms with Crippen LogP contribution in [0.4, 0.5) is 0 Å². The monoisotopic (exact) mass is 242 g/mol. The fourth-order valence-corrected chi connectivity index (χ4v) is 3.68. The summed E-state index contributed by atoms with van der Waals surface area (Å²) < 4.78 is 22.4. The second-order valence-corrected chi connectivity index (χ2v) is 5.59. The molecule has 86 valence electrons. The lowest BCUT2D eigenvalue weighted by molar-refractivity contribution is -0.00000746. The molecule has 1 heterocycles. The Hall–Kier alpha value is 0.160. The predicted octanol–water partition coefficient (Wildman–Crippen LogP) is -3.51. The van der Waals surface area contributed by atoms with Crippen molar-refractivity contribution in [2.75, 3.05) is 24.6 Å². The smallest absolute Gasteiger partial charge is 0.154 e. The highest BCUT2D eigenvalue weighted by Crippen LogP contribution is 2.17. The number of aliphatic hydroxyl groups is 1. The Balaban J connectivity index is 0.00000169. The Bertz CT molecular complexity index is 264. The predicted molar refractivity (Wildman–Crippen MR) is 51.4 cm³/mol. The lowest BCUT2D eigenvalue weighted by atomic mass is 10.2. The van der Waals surface area contributed by atoms with Gasteiger partial charge in [0.05, 0.1) is 23.7 Å². The number of hydrogen-bond acceptors (Lipinski definition) is 4. The van der Waals surface area contributed by atoms with Gasteiger partial charge in [-0.1, -0.05) is 13.8 Å². The third-order valence-electron chi connectivity index (χ3n) is 2.57. The van der Waals surface area contributed by atoms with E-state index in [0.29, 0.717) is 0 Å². The summed E-state index contributed by atoms with van der Waals surface area (Å²) in [5.41, 5.74) is 0. The van der Waals surface area contributed by atoms with Gasteiger partial charge in [-0.3, -0.25) is 4.90 Å². The molecule has 1 rings (SSSR count). The standard InChI is InChI=1S/C8H17NO3S.ClH/c1-3-9(4-2)7-5-13(11,12)6-8(7)10;/h7-8,10H,3-6H2,1-2H3;1H/p-1. The highest BCUT2D eigenvalue weighted by molar-refractivity contribution is 7.91. The quantitative estimate of drug-likeness (QED) is 0.558. The van der Waals surface area contributed by atoms with Crippen LogP contribution in [0.3, 0.4) is 0 Å². The van der Waals surface area contributed by atoms with Gasteiger partial charge < -0.3 is 17.5 Å². The Morgan fingerprint density at radius 2 is 1.79 bits per heavy atom. The third-order valence-corrected chi connectivity index (χ3v) is 4.27. The van der Waals surface area contributed by atoms with E-state index >= 15 is 0 Å². The summed E-state index contributed by atoms with van der Waals surface area (Å²) in [6.45, 7) is 5.52. The average Bonchev–Trinajstić information content (AvgIpc) is 2.28. The summed E-state index contributed by atoms with van der Waals surface area (Å²) >= 11 is 0. The van der Waals surface area contributed by atoms with Gasteiger partial charge in [-0.2, -0.15) is 0 Å². The molecule has 6 heteroatoms. The first kappa shape index (κ1) is 14.2. The topological polar surface area (TPSA) is 57.6 Å².